The van der Waals surface area contributed by atoms with Gasteiger partial charge in [0.2, 0.25) is 10.0 Å². The second kappa shape index (κ2) is 10.0. The van der Waals surface area contributed by atoms with Crippen LogP contribution in [0, 0.1) is 5.92 Å². The fourth-order valence-electron chi connectivity index (χ4n) is 3.34. The van der Waals surface area contributed by atoms with E-state index in [2.05, 4.69) is 20.7 Å². The van der Waals surface area contributed by atoms with Crippen LogP contribution in [0.5, 0.6) is 5.75 Å². The predicted molar refractivity (Wildman–Crippen MR) is 110 cm³/mol. The van der Waals surface area contributed by atoms with E-state index in [1.165, 1.54) is 5.56 Å². The number of pyridine rings is 1. The van der Waals surface area contributed by atoms with Crippen molar-refractivity contribution < 1.29 is 13.2 Å². The van der Waals surface area contributed by atoms with Gasteiger partial charge >= 0.3 is 0 Å². The van der Waals surface area contributed by atoms with Crippen molar-refractivity contribution in [3.05, 3.63) is 54.4 Å². The van der Waals surface area contributed by atoms with E-state index in [1.807, 2.05) is 19.2 Å². The lowest BCUT2D eigenvalue weighted by Crippen LogP contribution is -2.38. The maximum atomic E-state index is 12.5. The zero-order chi connectivity index (χ0) is 19.8. The fraction of sp³-hybridized carbons (Fsp3) is 0.476. The average molecular weight is 404 g/mol. The van der Waals surface area contributed by atoms with Crippen LogP contribution in [-0.2, 0) is 16.6 Å². The molecule has 1 aromatic carbocycles. The number of sulfonamides is 1. The average Bonchev–Trinajstić information content (AvgIpc) is 2.73. The Morgan fingerprint density at radius 1 is 1.18 bits per heavy atom. The number of hydrogen-bond donors (Lipinski definition) is 1. The highest BCUT2D eigenvalue weighted by atomic mass is 32.2. The van der Waals surface area contributed by atoms with E-state index in [0.717, 1.165) is 38.9 Å². The van der Waals surface area contributed by atoms with Gasteiger partial charge in [-0.15, -0.1) is 0 Å². The summed E-state index contributed by atoms with van der Waals surface area (Å²) in [6.45, 7) is 6.00. The number of likely N-dealkylation sites (tertiary alicyclic amines) is 1. The van der Waals surface area contributed by atoms with E-state index in [4.69, 9.17) is 4.74 Å². The van der Waals surface area contributed by atoms with Crippen LogP contribution in [-0.4, -0.2) is 44.5 Å². The molecule has 1 aromatic heterocycles. The molecule has 2 aromatic rings. The lowest BCUT2D eigenvalue weighted by atomic mass is 9.97. The van der Waals surface area contributed by atoms with Gasteiger partial charge in [0.1, 0.15) is 5.75 Å². The second-order valence-corrected chi connectivity index (χ2v) is 9.02. The van der Waals surface area contributed by atoms with Crippen molar-refractivity contribution in [2.75, 3.05) is 26.2 Å². The van der Waals surface area contributed by atoms with Crippen LogP contribution in [0.25, 0.3) is 0 Å². The highest BCUT2D eigenvalue weighted by Crippen LogP contribution is 2.20. The first-order chi connectivity index (χ1) is 13.6. The molecule has 0 spiro atoms. The Morgan fingerprint density at radius 2 is 1.93 bits per heavy atom. The van der Waals surface area contributed by atoms with Crippen LogP contribution >= 0.6 is 0 Å². The van der Waals surface area contributed by atoms with E-state index in [9.17, 15) is 8.42 Å². The molecule has 1 saturated heterocycles. The van der Waals surface area contributed by atoms with Gasteiger partial charge in [0.25, 0.3) is 0 Å². The van der Waals surface area contributed by atoms with Gasteiger partial charge < -0.3 is 4.74 Å². The molecule has 3 rings (SSSR count). The molecule has 152 valence electrons. The molecule has 0 unspecified atom stereocenters. The Morgan fingerprint density at radius 3 is 2.57 bits per heavy atom. The smallest absolute Gasteiger partial charge is 0.240 e. The number of benzene rings is 1. The molecular weight excluding hydrogens is 374 g/mol. The van der Waals surface area contributed by atoms with Gasteiger partial charge in [0.15, 0.2) is 0 Å². The third-order valence-corrected chi connectivity index (χ3v) is 6.44. The first-order valence-corrected chi connectivity index (χ1v) is 11.4. The highest BCUT2D eigenvalue weighted by molar-refractivity contribution is 7.89. The maximum absolute atomic E-state index is 12.5. The van der Waals surface area contributed by atoms with Gasteiger partial charge in [-0.2, -0.15) is 0 Å². The maximum Gasteiger partial charge on any atom is 0.240 e. The monoisotopic (exact) mass is 403 g/mol. The zero-order valence-electron chi connectivity index (χ0n) is 16.4. The van der Waals surface area contributed by atoms with Gasteiger partial charge in [0.05, 0.1) is 11.5 Å². The molecule has 0 radical (unpaired) electrons. The standard InChI is InChI=1S/C21H29N3O3S/c1-2-14-27-20-5-7-21(8-6-20)28(25,26)23-16-18-9-12-24(13-10-18)17-19-4-3-11-22-15-19/h3-8,11,15,18,23H,2,9-10,12-14,16-17H2,1H3. The van der Waals surface area contributed by atoms with Crippen LogP contribution in [0.4, 0.5) is 0 Å². The summed E-state index contributed by atoms with van der Waals surface area (Å²) < 4.78 is 33.4. The van der Waals surface area contributed by atoms with Crippen LogP contribution in [0.1, 0.15) is 31.7 Å². The lowest BCUT2D eigenvalue weighted by molar-refractivity contribution is 0.178. The second-order valence-electron chi connectivity index (χ2n) is 7.25. The number of aromatic nitrogens is 1. The number of hydrogen-bond acceptors (Lipinski definition) is 5. The van der Waals surface area contributed by atoms with E-state index < -0.39 is 10.0 Å². The van der Waals surface area contributed by atoms with Crippen LogP contribution in [0.15, 0.2) is 53.7 Å². The third kappa shape index (κ3) is 6.02. The Hall–Kier alpha value is -1.96. The molecule has 0 aliphatic carbocycles. The summed E-state index contributed by atoms with van der Waals surface area (Å²) in [5, 5.41) is 0. The number of piperidine rings is 1. The normalized spacial score (nSPS) is 16.2. The first kappa shape index (κ1) is 20.8. The summed E-state index contributed by atoms with van der Waals surface area (Å²) in [6, 6.07) is 10.7. The number of nitrogens with zero attached hydrogens (tertiary/aromatic N) is 2. The van der Waals surface area contributed by atoms with Gasteiger partial charge in [-0.25, -0.2) is 13.1 Å². The number of nitrogens with one attached hydrogen (secondary N) is 1. The van der Waals surface area contributed by atoms with Crippen molar-refractivity contribution in [1.82, 2.24) is 14.6 Å². The molecule has 0 atom stereocenters. The minimum atomic E-state index is -3.49. The summed E-state index contributed by atoms with van der Waals surface area (Å²) in [5.74, 6) is 1.06. The minimum Gasteiger partial charge on any atom is -0.494 e. The van der Waals surface area contributed by atoms with Crippen molar-refractivity contribution in [2.24, 2.45) is 5.92 Å². The summed E-state index contributed by atoms with van der Waals surface area (Å²) >= 11 is 0. The van der Waals surface area contributed by atoms with Crippen molar-refractivity contribution in [2.45, 2.75) is 37.6 Å². The molecule has 28 heavy (non-hydrogen) atoms. The molecule has 0 saturated carbocycles. The molecule has 2 heterocycles. The van der Waals surface area contributed by atoms with Gasteiger partial charge in [-0.3, -0.25) is 9.88 Å². The Kier molecular flexibility index (Phi) is 7.42. The summed E-state index contributed by atoms with van der Waals surface area (Å²) in [6.07, 6.45) is 6.59. The molecule has 0 amide bonds. The van der Waals surface area contributed by atoms with Crippen molar-refractivity contribution >= 4 is 10.0 Å². The Balaban J connectivity index is 1.45. The Bertz CT molecular complexity index is 818. The van der Waals surface area contributed by atoms with E-state index in [0.29, 0.717) is 24.8 Å². The molecule has 1 N–H and O–H groups in total. The lowest BCUT2D eigenvalue weighted by Gasteiger charge is -2.31. The first-order valence-electron chi connectivity index (χ1n) is 9.90. The summed E-state index contributed by atoms with van der Waals surface area (Å²) in [4.78, 5) is 6.84. The highest BCUT2D eigenvalue weighted by Gasteiger charge is 2.22. The third-order valence-electron chi connectivity index (χ3n) is 5.01. The van der Waals surface area contributed by atoms with E-state index in [1.54, 1.807) is 30.5 Å². The summed E-state index contributed by atoms with van der Waals surface area (Å²) in [7, 11) is -3.49. The minimum absolute atomic E-state index is 0.283. The number of rotatable bonds is 9. The zero-order valence-corrected chi connectivity index (χ0v) is 17.2. The molecule has 1 fully saturated rings. The van der Waals surface area contributed by atoms with Gasteiger partial charge in [-0.05, 0) is 74.2 Å². The molecule has 1 aliphatic rings. The van der Waals surface area contributed by atoms with Crippen LogP contribution in [0.3, 0.4) is 0 Å². The van der Waals surface area contributed by atoms with Crippen molar-refractivity contribution in [3.8, 4) is 5.75 Å². The van der Waals surface area contributed by atoms with Crippen molar-refractivity contribution in [1.29, 1.82) is 0 Å². The van der Waals surface area contributed by atoms with Crippen molar-refractivity contribution in [3.63, 3.8) is 0 Å². The van der Waals surface area contributed by atoms with Crippen LogP contribution in [0.2, 0.25) is 0 Å². The predicted octanol–water partition coefficient (Wildman–Crippen LogP) is 3.06. The van der Waals surface area contributed by atoms with E-state index in [-0.39, 0.29) is 4.90 Å². The molecule has 0 bridgehead atoms. The van der Waals surface area contributed by atoms with E-state index >= 15 is 0 Å². The fourth-order valence-corrected chi connectivity index (χ4v) is 4.46. The quantitative estimate of drug-likeness (QED) is 0.697. The number of ether oxygens (including phenoxy) is 1. The SMILES string of the molecule is CCCOc1ccc(S(=O)(=O)NCC2CCN(Cc3cccnc3)CC2)cc1. The van der Waals surface area contributed by atoms with Gasteiger partial charge in [0, 0.05) is 25.5 Å². The topological polar surface area (TPSA) is 71.5 Å². The van der Waals surface area contributed by atoms with Gasteiger partial charge in [-0.1, -0.05) is 13.0 Å². The molecule has 6 nitrogen and oxygen atoms in total. The summed E-state index contributed by atoms with van der Waals surface area (Å²) in [5.41, 5.74) is 1.22. The largest absolute Gasteiger partial charge is 0.494 e. The molecule has 7 heteroatoms. The Labute approximate surface area is 168 Å². The molecular formula is C21H29N3O3S. The molecule has 1 aliphatic heterocycles. The van der Waals surface area contributed by atoms with Crippen LogP contribution < -0.4 is 9.46 Å².